The molecule has 5 aliphatic heterocycles. The second-order valence-electron chi connectivity index (χ2n) is 26.7. The average molecular weight is 1400 g/mol. The molecule has 0 amide bonds. The maximum absolute atomic E-state index is 13.8. The number of carbonyl (C=O) groups excluding carboxylic acids is 3. The lowest BCUT2D eigenvalue weighted by molar-refractivity contribution is -0.380. The highest BCUT2D eigenvalue weighted by molar-refractivity contribution is 5.90. The molecule has 5 saturated heterocycles. The number of aliphatic hydroxyl groups is 16. The molecule has 9 fully saturated rings. The number of ether oxygens (including phenoxy) is 14. The topological polar surface area (TPSA) is 541 Å². The van der Waals surface area contributed by atoms with E-state index in [1.54, 1.807) is 6.08 Å². The fourth-order valence-corrected chi connectivity index (χ4v) is 14.6. The van der Waals surface area contributed by atoms with Crippen molar-refractivity contribution in [1.29, 1.82) is 0 Å². The molecule has 35 heteroatoms. The highest BCUT2D eigenvalue weighted by Gasteiger charge is 2.57. The predicted octanol–water partition coefficient (Wildman–Crippen LogP) is -6.95. The summed E-state index contributed by atoms with van der Waals surface area (Å²) in [5.41, 5.74) is 0. The Morgan fingerprint density at radius 3 is 1.59 bits per heavy atom. The monoisotopic (exact) mass is 1400 g/mol. The summed E-state index contributed by atoms with van der Waals surface area (Å²) in [6, 6.07) is 0. The summed E-state index contributed by atoms with van der Waals surface area (Å²) >= 11 is 0. The van der Waals surface area contributed by atoms with Gasteiger partial charge in [0.2, 0.25) is 0 Å². The molecule has 17 N–H and O–H groups in total. The Balaban J connectivity index is 0.966. The third-order valence-corrected chi connectivity index (χ3v) is 20.2. The van der Waals surface area contributed by atoms with Gasteiger partial charge >= 0.3 is 23.9 Å². The van der Waals surface area contributed by atoms with Crippen molar-refractivity contribution < 1.29 is 172 Å². The number of carboxylic acids is 1. The number of hydrogen-bond donors (Lipinski definition) is 17. The molecule has 0 bridgehead atoms. The lowest BCUT2D eigenvalue weighted by Gasteiger charge is -2.53. The van der Waals surface area contributed by atoms with Gasteiger partial charge in [0.15, 0.2) is 31.3 Å². The van der Waals surface area contributed by atoms with Crippen LogP contribution < -0.4 is 0 Å². The van der Waals surface area contributed by atoms with Crippen molar-refractivity contribution in [2.45, 2.75) is 273 Å². The van der Waals surface area contributed by atoms with E-state index in [1.807, 2.05) is 0 Å². The van der Waals surface area contributed by atoms with E-state index in [9.17, 15) is 101 Å². The summed E-state index contributed by atoms with van der Waals surface area (Å²) in [7, 11) is 2.80. The van der Waals surface area contributed by atoms with Crippen LogP contribution in [0.2, 0.25) is 0 Å². The van der Waals surface area contributed by atoms with Crippen molar-refractivity contribution in [2.75, 3.05) is 40.6 Å². The summed E-state index contributed by atoms with van der Waals surface area (Å²) in [4.78, 5) is 50.6. The molecule has 4 saturated carbocycles. The van der Waals surface area contributed by atoms with E-state index in [0.717, 1.165) is 12.2 Å². The van der Waals surface area contributed by atoms with Crippen LogP contribution in [0.5, 0.6) is 0 Å². The molecule has 31 unspecified atom stereocenters. The number of methoxy groups -OCH3 is 2. The number of carboxylic acid groups (broad SMARTS) is 1. The molecular formula is C62H96O35. The van der Waals surface area contributed by atoms with Crippen molar-refractivity contribution >= 4 is 23.9 Å². The minimum atomic E-state index is -2.15. The molecule has 9 aliphatic rings. The first-order chi connectivity index (χ1) is 46.2. The van der Waals surface area contributed by atoms with Gasteiger partial charge in [-0.1, -0.05) is 12.2 Å². The van der Waals surface area contributed by atoms with Crippen LogP contribution >= 0.6 is 0 Å². The minimum absolute atomic E-state index is 0.0253. The number of rotatable bonds is 24. The van der Waals surface area contributed by atoms with E-state index < -0.39 is 264 Å². The number of aliphatic hydroxyl groups excluding tert-OH is 16. The van der Waals surface area contributed by atoms with E-state index in [-0.39, 0.29) is 57.3 Å². The lowest BCUT2D eigenvalue weighted by atomic mass is 9.72. The summed E-state index contributed by atoms with van der Waals surface area (Å²) in [6.07, 6.45) is -40.4. The molecule has 0 radical (unpaired) electrons. The van der Waals surface area contributed by atoms with E-state index in [4.69, 9.17) is 71.4 Å². The molecule has 554 valence electrons. The third-order valence-electron chi connectivity index (χ3n) is 20.2. The Hall–Kier alpha value is -3.72. The number of allylic oxidation sites excluding steroid dienone is 2. The Labute approximate surface area is 556 Å². The first kappa shape index (κ1) is 77.4. The van der Waals surface area contributed by atoms with Crippen LogP contribution in [-0.2, 0) is 85.5 Å². The van der Waals surface area contributed by atoms with Gasteiger partial charge in [-0.05, 0) is 88.4 Å². The van der Waals surface area contributed by atoms with Gasteiger partial charge in [0.25, 0.3) is 0 Å². The molecule has 31 atom stereocenters. The quantitative estimate of drug-likeness (QED) is 0.0185. The molecular weight excluding hydrogens is 1300 g/mol. The number of fused-ring (bicyclic) bond motifs is 1. The average Bonchev–Trinajstić information content (AvgIpc) is 0.770. The fourth-order valence-electron chi connectivity index (χ4n) is 14.6. The highest BCUT2D eigenvalue weighted by atomic mass is 16.8. The van der Waals surface area contributed by atoms with Crippen LogP contribution in [0.4, 0.5) is 0 Å². The number of carbonyl (C=O) groups is 4. The molecule has 0 aromatic carbocycles. The SMILES string of the molecule is COC1CC(C=CC(=O)OC2C(OC3C(OC4CC5C(OC6OC(COC(=O)CC(=O)O)C(O)C(O)C6O)CC(O)CC5OC4C4CCC(O)C(O)C4)OC(COC(=O)C=CC4CCC(OC5OC(CO)C(O)C(O)C5O)CC4)C(O)C3O)OC(CO)C(O)C2O)CC(OC)C1O. The zero-order valence-corrected chi connectivity index (χ0v) is 53.5. The van der Waals surface area contributed by atoms with Crippen LogP contribution in [0.1, 0.15) is 83.5 Å². The fraction of sp³-hybridized carbons (Fsp3) is 0.871. The normalized spacial score (nSPS) is 46.8. The van der Waals surface area contributed by atoms with Crippen molar-refractivity contribution in [3.63, 3.8) is 0 Å². The van der Waals surface area contributed by atoms with Crippen molar-refractivity contribution in [3.05, 3.63) is 24.3 Å². The highest BCUT2D eigenvalue weighted by Crippen LogP contribution is 2.46. The van der Waals surface area contributed by atoms with Gasteiger partial charge in [-0.3, -0.25) is 9.59 Å². The number of aliphatic carboxylic acids is 1. The van der Waals surface area contributed by atoms with Crippen molar-refractivity contribution in [1.82, 2.24) is 0 Å². The van der Waals surface area contributed by atoms with Gasteiger partial charge in [0.05, 0.1) is 74.3 Å². The predicted molar refractivity (Wildman–Crippen MR) is 314 cm³/mol. The largest absolute Gasteiger partial charge is 0.481 e. The van der Waals surface area contributed by atoms with Gasteiger partial charge in [0, 0.05) is 38.7 Å². The molecule has 9 rings (SSSR count). The maximum atomic E-state index is 13.8. The smallest absolute Gasteiger partial charge is 0.330 e. The van der Waals surface area contributed by atoms with Gasteiger partial charge in [-0.2, -0.15) is 0 Å². The molecule has 0 spiro atoms. The van der Waals surface area contributed by atoms with Crippen LogP contribution in [-0.4, -0.2) is 341 Å². The van der Waals surface area contributed by atoms with Crippen LogP contribution in [0.25, 0.3) is 0 Å². The summed E-state index contributed by atoms with van der Waals surface area (Å²) in [5.74, 6) is -6.87. The van der Waals surface area contributed by atoms with Gasteiger partial charge in [-0.15, -0.1) is 0 Å². The minimum Gasteiger partial charge on any atom is -0.481 e. The molecule has 5 heterocycles. The molecule has 4 aliphatic carbocycles. The lowest BCUT2D eigenvalue weighted by Crippen LogP contribution is -2.66. The second-order valence-corrected chi connectivity index (χ2v) is 26.7. The van der Waals surface area contributed by atoms with Gasteiger partial charge in [0.1, 0.15) is 117 Å². The van der Waals surface area contributed by atoms with Crippen molar-refractivity contribution in [3.8, 4) is 0 Å². The summed E-state index contributed by atoms with van der Waals surface area (Å²) in [6.45, 7) is -3.15. The first-order valence-corrected chi connectivity index (χ1v) is 33.0. The Kier molecular flexibility index (Phi) is 27.9. The summed E-state index contributed by atoms with van der Waals surface area (Å²) in [5, 5.41) is 184. The first-order valence-electron chi connectivity index (χ1n) is 33.0. The zero-order chi connectivity index (χ0) is 70.3. The van der Waals surface area contributed by atoms with Crippen LogP contribution in [0.3, 0.4) is 0 Å². The standard InChI is InChI=1S/C62H96O35/c1-84-34-13-25(14-35(85-2)45(34)73)6-12-43(71)96-57-52(80)47(75)38(21-64)93-62(57)97-58-53(81)49(77)40(22-86-42(70)11-5-24-3-8-28(9-4-24)88-59-54(82)50(78)46(74)37(20-63)92-59)95-61(58)91-36-18-29-32(89-56(36)26-7-10-30(66)31(67)15-26)16-27(65)17-33(29)90-60-55(83)51(79)48(76)39(94-60)23-87-44(72)19-41(68)69/h5-6,11-12,24-40,45-67,73-83H,3-4,7-10,13-23H2,1-2H3,(H,68,69). The Morgan fingerprint density at radius 1 is 0.443 bits per heavy atom. The molecule has 0 aromatic rings. The number of esters is 3. The molecule has 35 nitrogen and oxygen atoms in total. The van der Waals surface area contributed by atoms with Gasteiger partial charge < -0.3 is 153 Å². The maximum Gasteiger partial charge on any atom is 0.330 e. The van der Waals surface area contributed by atoms with E-state index in [1.165, 1.54) is 20.3 Å². The molecule has 0 aromatic heterocycles. The second kappa shape index (κ2) is 35.0. The Morgan fingerprint density at radius 2 is 0.969 bits per heavy atom. The van der Waals surface area contributed by atoms with Crippen molar-refractivity contribution in [2.24, 2.45) is 23.7 Å². The van der Waals surface area contributed by atoms with Crippen LogP contribution in [0, 0.1) is 23.7 Å². The third kappa shape index (κ3) is 18.9. The van der Waals surface area contributed by atoms with Crippen LogP contribution in [0.15, 0.2) is 24.3 Å². The van der Waals surface area contributed by atoms with E-state index in [2.05, 4.69) is 0 Å². The number of hydrogen-bond acceptors (Lipinski definition) is 34. The van der Waals surface area contributed by atoms with Gasteiger partial charge in [-0.25, -0.2) is 9.59 Å². The molecule has 97 heavy (non-hydrogen) atoms. The van der Waals surface area contributed by atoms with E-state index >= 15 is 0 Å². The summed E-state index contributed by atoms with van der Waals surface area (Å²) < 4.78 is 83.1. The zero-order valence-electron chi connectivity index (χ0n) is 53.5. The Bertz CT molecular complexity index is 2560. The van der Waals surface area contributed by atoms with E-state index in [0.29, 0.717) is 25.7 Å².